The number of amides is 1. The molecule has 4 fully saturated rings. The van der Waals surface area contributed by atoms with Gasteiger partial charge in [0.25, 0.3) is 0 Å². The summed E-state index contributed by atoms with van der Waals surface area (Å²) in [5.41, 5.74) is 0. The number of aliphatic hydroxyl groups excluding tert-OH is 5. The number of carboxylic acid groups (broad SMARTS) is 1. The van der Waals surface area contributed by atoms with Gasteiger partial charge >= 0.3 is 11.9 Å². The summed E-state index contributed by atoms with van der Waals surface area (Å²) >= 11 is 0. The topological polar surface area (TPSA) is 240 Å². The van der Waals surface area contributed by atoms with Crippen LogP contribution in [-0.2, 0) is 42.8 Å². The van der Waals surface area contributed by atoms with Crippen molar-refractivity contribution in [1.82, 2.24) is 5.32 Å². The van der Waals surface area contributed by atoms with Gasteiger partial charge in [0.2, 0.25) is 5.91 Å². The zero-order chi connectivity index (χ0) is 36.0. The quantitative estimate of drug-likeness (QED) is 0.121. The molecule has 0 radical (unpaired) electrons. The molecule has 4 aliphatic rings. The van der Waals surface area contributed by atoms with Crippen LogP contribution in [0.1, 0.15) is 78.6 Å². The van der Waals surface area contributed by atoms with E-state index in [1.165, 1.54) is 21.0 Å². The number of rotatable bonds is 13. The monoisotopic (exact) mass is 705 g/mol. The van der Waals surface area contributed by atoms with E-state index in [0.717, 1.165) is 32.1 Å². The molecule has 0 spiro atoms. The summed E-state index contributed by atoms with van der Waals surface area (Å²) in [4.78, 5) is 37.8. The summed E-state index contributed by atoms with van der Waals surface area (Å²) < 4.78 is 35.6. The van der Waals surface area contributed by atoms with Gasteiger partial charge in [-0.3, -0.25) is 9.59 Å². The predicted octanol–water partition coefficient (Wildman–Crippen LogP) is -0.415. The zero-order valence-electron chi connectivity index (χ0n) is 28.7. The van der Waals surface area contributed by atoms with E-state index in [1.807, 2.05) is 6.92 Å². The number of hydrogen-bond acceptors (Lipinski definition) is 14. The van der Waals surface area contributed by atoms with Crippen LogP contribution >= 0.6 is 0 Å². The third-order valence-corrected chi connectivity index (χ3v) is 10.5. The molecule has 282 valence electrons. The van der Waals surface area contributed by atoms with Gasteiger partial charge in [-0.25, -0.2) is 4.79 Å². The Hall–Kier alpha value is -1.99. The van der Waals surface area contributed by atoms with E-state index in [2.05, 4.69) is 5.32 Å². The summed E-state index contributed by atoms with van der Waals surface area (Å²) in [6, 6.07) is -1.27. The molecule has 2 aliphatic heterocycles. The minimum atomic E-state index is -1.62. The van der Waals surface area contributed by atoms with Crippen molar-refractivity contribution in [3.63, 3.8) is 0 Å². The molecule has 0 aromatic rings. The van der Waals surface area contributed by atoms with Crippen molar-refractivity contribution in [2.45, 2.75) is 158 Å². The molecule has 13 unspecified atom stereocenters. The fourth-order valence-corrected chi connectivity index (χ4v) is 7.72. The molecule has 0 aromatic heterocycles. The maximum absolute atomic E-state index is 12.8. The highest BCUT2D eigenvalue weighted by atomic mass is 16.7. The summed E-state index contributed by atoms with van der Waals surface area (Å²) in [6.07, 6.45) is -9.97. The number of methoxy groups -OCH3 is 1. The minimum absolute atomic E-state index is 0.0291. The first-order valence-corrected chi connectivity index (χ1v) is 17.5. The van der Waals surface area contributed by atoms with Gasteiger partial charge < -0.3 is 64.4 Å². The van der Waals surface area contributed by atoms with E-state index in [1.54, 1.807) is 0 Å². The van der Waals surface area contributed by atoms with E-state index >= 15 is 0 Å². The Balaban J connectivity index is 1.65. The van der Waals surface area contributed by atoms with Crippen LogP contribution in [0, 0.1) is 17.8 Å². The molecule has 2 heterocycles. The first kappa shape index (κ1) is 39.8. The van der Waals surface area contributed by atoms with Gasteiger partial charge in [0.15, 0.2) is 18.7 Å². The van der Waals surface area contributed by atoms with Crippen LogP contribution in [0.5, 0.6) is 0 Å². The average molecular weight is 706 g/mol. The Morgan fingerprint density at radius 2 is 1.59 bits per heavy atom. The van der Waals surface area contributed by atoms with Crippen LogP contribution in [0.25, 0.3) is 0 Å². The highest BCUT2D eigenvalue weighted by molar-refractivity contribution is 5.74. The van der Waals surface area contributed by atoms with Crippen LogP contribution < -0.4 is 5.32 Å². The van der Waals surface area contributed by atoms with Crippen molar-refractivity contribution in [1.29, 1.82) is 0 Å². The Kier molecular flexibility index (Phi) is 14.6. The molecule has 15 atom stereocenters. The standard InChI is InChI=1S/C33H55NO15/c1-5-18-12-19(31(43)44-4)13-20(28(18)49-33-27(40)26(39)24(37)15(2)45-33)47-32-23(34-16(3)36)29(25(38)22(14-35)48-32)46-21(30(41)42)11-17-9-7-6-8-10-17/h15,17-29,32-33,35,37-40H,5-14H2,1-4H3,(H,34,36)(H,41,42)/t15?,18?,19?,20?,21-,22?,23?,24?,25-,26?,27?,28?,29?,32?,33?/m0/s1. The van der Waals surface area contributed by atoms with Gasteiger partial charge in [-0.05, 0) is 38.0 Å². The third kappa shape index (κ3) is 9.67. The second kappa shape index (κ2) is 18.0. The van der Waals surface area contributed by atoms with Crippen molar-refractivity contribution in [2.24, 2.45) is 17.8 Å². The number of aliphatic hydroxyl groups is 5. The molecular weight excluding hydrogens is 650 g/mol. The number of esters is 1. The first-order chi connectivity index (χ1) is 23.3. The molecule has 7 N–H and O–H groups in total. The molecule has 16 heteroatoms. The molecule has 49 heavy (non-hydrogen) atoms. The Labute approximate surface area is 286 Å². The number of carbonyl (C=O) groups is 3. The average Bonchev–Trinajstić information content (AvgIpc) is 3.08. The van der Waals surface area contributed by atoms with Gasteiger partial charge in [-0.2, -0.15) is 0 Å². The molecule has 1 amide bonds. The summed E-state index contributed by atoms with van der Waals surface area (Å²) in [7, 11) is 1.26. The van der Waals surface area contributed by atoms with E-state index in [9.17, 15) is 45.0 Å². The number of carbonyl (C=O) groups excluding carboxylic acids is 2. The van der Waals surface area contributed by atoms with E-state index < -0.39 is 110 Å². The van der Waals surface area contributed by atoms with Crippen molar-refractivity contribution < 1.29 is 73.4 Å². The summed E-state index contributed by atoms with van der Waals surface area (Å²) in [5.74, 6) is -3.20. The Bertz CT molecular complexity index is 1090. The largest absolute Gasteiger partial charge is 0.479 e. The maximum atomic E-state index is 12.8. The van der Waals surface area contributed by atoms with Crippen molar-refractivity contribution in [2.75, 3.05) is 13.7 Å². The zero-order valence-corrected chi connectivity index (χ0v) is 28.7. The predicted molar refractivity (Wildman–Crippen MR) is 167 cm³/mol. The van der Waals surface area contributed by atoms with Crippen LogP contribution in [0.15, 0.2) is 0 Å². The van der Waals surface area contributed by atoms with Gasteiger partial charge in [0, 0.05) is 6.92 Å². The van der Waals surface area contributed by atoms with E-state index in [-0.39, 0.29) is 24.7 Å². The lowest BCUT2D eigenvalue weighted by Crippen LogP contribution is -2.67. The fraction of sp³-hybridized carbons (Fsp3) is 0.909. The second-order valence-electron chi connectivity index (χ2n) is 13.9. The molecule has 2 aliphatic carbocycles. The summed E-state index contributed by atoms with van der Waals surface area (Å²) in [5, 5.41) is 65.7. The lowest BCUT2D eigenvalue weighted by atomic mass is 9.76. The van der Waals surface area contributed by atoms with Gasteiger partial charge in [-0.1, -0.05) is 45.4 Å². The molecule has 16 nitrogen and oxygen atoms in total. The van der Waals surface area contributed by atoms with E-state index in [0.29, 0.717) is 12.8 Å². The van der Waals surface area contributed by atoms with Crippen molar-refractivity contribution in [3.05, 3.63) is 0 Å². The normalized spacial score (nSPS) is 41.1. The maximum Gasteiger partial charge on any atom is 0.332 e. The van der Waals surface area contributed by atoms with Crippen LogP contribution in [0.4, 0.5) is 0 Å². The fourth-order valence-electron chi connectivity index (χ4n) is 7.72. The molecular formula is C33H55NO15. The van der Waals surface area contributed by atoms with E-state index in [4.69, 9.17) is 28.4 Å². The highest BCUT2D eigenvalue weighted by Gasteiger charge is 2.53. The molecule has 0 bridgehead atoms. The van der Waals surface area contributed by atoms with Crippen molar-refractivity contribution >= 4 is 17.8 Å². The first-order valence-electron chi connectivity index (χ1n) is 17.5. The molecule has 2 saturated carbocycles. The second-order valence-corrected chi connectivity index (χ2v) is 13.9. The molecule has 2 saturated heterocycles. The van der Waals surface area contributed by atoms with Gasteiger partial charge in [0.05, 0.1) is 37.9 Å². The number of hydrogen-bond donors (Lipinski definition) is 7. The number of ether oxygens (including phenoxy) is 6. The molecule has 4 rings (SSSR count). The number of aliphatic carboxylic acids is 1. The Morgan fingerprint density at radius 1 is 0.898 bits per heavy atom. The lowest BCUT2D eigenvalue weighted by molar-refractivity contribution is -0.338. The highest BCUT2D eigenvalue weighted by Crippen LogP contribution is 2.40. The van der Waals surface area contributed by atoms with Crippen LogP contribution in [0.3, 0.4) is 0 Å². The number of nitrogens with one attached hydrogen (secondary N) is 1. The Morgan fingerprint density at radius 3 is 2.18 bits per heavy atom. The summed E-state index contributed by atoms with van der Waals surface area (Å²) in [6.45, 7) is 3.92. The van der Waals surface area contributed by atoms with Gasteiger partial charge in [-0.15, -0.1) is 0 Å². The van der Waals surface area contributed by atoms with Crippen LogP contribution in [-0.4, -0.2) is 142 Å². The third-order valence-electron chi connectivity index (χ3n) is 10.5. The van der Waals surface area contributed by atoms with Crippen molar-refractivity contribution in [3.8, 4) is 0 Å². The SMILES string of the molecule is CCC1CC(C(=O)OC)CC(OC2OC(CO)[C@H](O)C(O[C@@H](CC3CCCCC3)C(=O)O)C2NC(C)=O)C1OC1OC(C)C(O)C(O)C1O. The minimum Gasteiger partial charge on any atom is -0.479 e. The number of carboxylic acids is 1. The molecule has 0 aromatic carbocycles. The lowest BCUT2D eigenvalue weighted by Gasteiger charge is -2.49. The van der Waals surface area contributed by atoms with Crippen LogP contribution in [0.2, 0.25) is 0 Å². The van der Waals surface area contributed by atoms with Gasteiger partial charge in [0.1, 0.15) is 42.7 Å². The smallest absolute Gasteiger partial charge is 0.332 e.